The van der Waals surface area contributed by atoms with Gasteiger partial charge in [-0.15, -0.1) is 0 Å². The number of aliphatic hydroxyl groups is 1. The van der Waals surface area contributed by atoms with Crippen molar-refractivity contribution in [1.82, 2.24) is 15.3 Å². The van der Waals surface area contributed by atoms with Gasteiger partial charge in [-0.1, -0.05) is 24.3 Å². The van der Waals surface area contributed by atoms with E-state index < -0.39 is 11.2 Å². The predicted molar refractivity (Wildman–Crippen MR) is 133 cm³/mol. The van der Waals surface area contributed by atoms with E-state index in [1.165, 1.54) is 19.4 Å². The molecule has 0 radical (unpaired) electrons. The number of carbonyl (C=O) groups is 1. The summed E-state index contributed by atoms with van der Waals surface area (Å²) < 4.78 is 6.16. The number of nitrogen functional groups attached to an aromatic ring is 1. The van der Waals surface area contributed by atoms with Crippen LogP contribution in [0.4, 0.5) is 11.5 Å². The van der Waals surface area contributed by atoms with Crippen molar-refractivity contribution >= 4 is 23.1 Å². The van der Waals surface area contributed by atoms with Gasteiger partial charge in [0.25, 0.3) is 5.91 Å². The minimum Gasteiger partial charge on any atom is -0.463 e. The number of hydrogen-bond donors (Lipinski definition) is 3. The Balaban J connectivity index is 1.43. The normalized spacial score (nSPS) is 21.8. The lowest BCUT2D eigenvalue weighted by Crippen LogP contribution is -2.44. The van der Waals surface area contributed by atoms with Crippen molar-refractivity contribution in [2.24, 2.45) is 10.9 Å². The highest BCUT2D eigenvalue weighted by atomic mass is 16.5. The first-order chi connectivity index (χ1) is 15.9. The standard InChI is InChI=1S/C26H35N5O3/c1-15-29-22(27)20-23(30-15)34-26(4,5)21(31-20)19-12-10-18(11-13-19)17-8-6-16(7-9-17)14-28-24(32)25(2,3)33/h10-13,16-17,33H,6-9,14H2,1-5H3,(H,28,32)(H2,27,29,30)/t16-,17-. The zero-order valence-corrected chi connectivity index (χ0v) is 20.7. The van der Waals surface area contributed by atoms with Crippen molar-refractivity contribution in [2.45, 2.75) is 77.4 Å². The highest BCUT2D eigenvalue weighted by molar-refractivity contribution is 6.09. The summed E-state index contributed by atoms with van der Waals surface area (Å²) in [6, 6.07) is 8.56. The van der Waals surface area contributed by atoms with Crippen molar-refractivity contribution < 1.29 is 14.6 Å². The van der Waals surface area contributed by atoms with Gasteiger partial charge in [-0.3, -0.25) is 4.79 Å². The second kappa shape index (κ2) is 8.98. The SMILES string of the molecule is Cc1nc(N)c2c(n1)OC(C)(C)C(c1ccc([C@H]3CC[C@H](CNC(=O)C(C)(C)O)CC3)cc1)=N2. The lowest BCUT2D eigenvalue weighted by atomic mass is 9.78. The molecule has 0 spiro atoms. The fourth-order valence-electron chi connectivity index (χ4n) is 4.75. The Morgan fingerprint density at radius 1 is 1.18 bits per heavy atom. The molecule has 1 aromatic carbocycles. The number of ether oxygens (including phenoxy) is 1. The van der Waals surface area contributed by atoms with Gasteiger partial charge in [-0.05, 0) is 77.7 Å². The highest BCUT2D eigenvalue weighted by Gasteiger charge is 2.35. The molecule has 0 unspecified atom stereocenters. The maximum Gasteiger partial charge on any atom is 0.251 e. The largest absolute Gasteiger partial charge is 0.463 e. The van der Waals surface area contributed by atoms with Crippen molar-refractivity contribution in [3.63, 3.8) is 0 Å². The summed E-state index contributed by atoms with van der Waals surface area (Å²) >= 11 is 0. The van der Waals surface area contributed by atoms with Crippen LogP contribution in [0.2, 0.25) is 0 Å². The lowest BCUT2D eigenvalue weighted by molar-refractivity contribution is -0.136. The number of rotatable bonds is 5. The third-order valence-corrected chi connectivity index (χ3v) is 6.75. The maximum atomic E-state index is 11.9. The van der Waals surface area contributed by atoms with Crippen LogP contribution in [0, 0.1) is 12.8 Å². The second-order valence-electron chi connectivity index (χ2n) is 10.5. The Morgan fingerprint density at radius 2 is 1.82 bits per heavy atom. The fourth-order valence-corrected chi connectivity index (χ4v) is 4.75. The van der Waals surface area contributed by atoms with Gasteiger partial charge >= 0.3 is 0 Å². The van der Waals surface area contributed by atoms with Crippen molar-refractivity contribution in [1.29, 1.82) is 0 Å². The Bertz CT molecular complexity index is 1090. The van der Waals surface area contributed by atoms with Gasteiger partial charge in [0.2, 0.25) is 5.88 Å². The minimum absolute atomic E-state index is 0.311. The first kappa shape index (κ1) is 24.1. The number of aryl methyl sites for hydroxylation is 1. The smallest absolute Gasteiger partial charge is 0.251 e. The summed E-state index contributed by atoms with van der Waals surface area (Å²) in [6.07, 6.45) is 4.28. The third-order valence-electron chi connectivity index (χ3n) is 6.75. The molecule has 1 aromatic heterocycles. The van der Waals surface area contributed by atoms with Crippen LogP contribution >= 0.6 is 0 Å². The monoisotopic (exact) mass is 465 g/mol. The molecule has 4 rings (SSSR count). The van der Waals surface area contributed by atoms with Crippen LogP contribution in [-0.4, -0.2) is 44.4 Å². The molecule has 1 amide bonds. The Kier molecular flexibility index (Phi) is 6.38. The average molecular weight is 466 g/mol. The van der Waals surface area contributed by atoms with Crippen molar-refractivity contribution in [2.75, 3.05) is 12.3 Å². The van der Waals surface area contributed by atoms with E-state index >= 15 is 0 Å². The van der Waals surface area contributed by atoms with Crippen LogP contribution in [0.5, 0.6) is 5.88 Å². The summed E-state index contributed by atoms with van der Waals surface area (Å²) in [6.45, 7) is 9.39. The number of nitrogens with zero attached hydrogens (tertiary/aromatic N) is 3. The topological polar surface area (TPSA) is 123 Å². The zero-order chi connectivity index (χ0) is 24.7. The molecule has 34 heavy (non-hydrogen) atoms. The van der Waals surface area contributed by atoms with Crippen LogP contribution in [0.3, 0.4) is 0 Å². The average Bonchev–Trinajstić information content (AvgIpc) is 2.76. The predicted octanol–water partition coefficient (Wildman–Crippen LogP) is 3.82. The Morgan fingerprint density at radius 3 is 2.44 bits per heavy atom. The molecule has 1 fully saturated rings. The van der Waals surface area contributed by atoms with E-state index in [9.17, 15) is 9.90 Å². The van der Waals surface area contributed by atoms with E-state index in [0.717, 1.165) is 37.0 Å². The number of benzene rings is 1. The molecule has 0 saturated heterocycles. The molecule has 0 bridgehead atoms. The maximum absolute atomic E-state index is 11.9. The molecular weight excluding hydrogens is 430 g/mol. The number of fused-ring (bicyclic) bond motifs is 1. The molecule has 0 atom stereocenters. The number of nitrogens with two attached hydrogens (primary N) is 1. The van der Waals surface area contributed by atoms with E-state index in [4.69, 9.17) is 15.5 Å². The van der Waals surface area contributed by atoms with E-state index in [1.54, 1.807) is 6.92 Å². The number of aromatic nitrogens is 2. The van der Waals surface area contributed by atoms with Gasteiger partial charge in [0.05, 0.1) is 5.71 Å². The molecule has 8 nitrogen and oxygen atoms in total. The summed E-state index contributed by atoms with van der Waals surface area (Å²) in [4.78, 5) is 25.3. The van der Waals surface area contributed by atoms with Gasteiger partial charge < -0.3 is 20.9 Å². The third kappa shape index (κ3) is 5.06. The van der Waals surface area contributed by atoms with Gasteiger partial charge in [0.15, 0.2) is 11.5 Å². The molecule has 1 aliphatic carbocycles. The quantitative estimate of drug-likeness (QED) is 0.617. The zero-order valence-electron chi connectivity index (χ0n) is 20.7. The van der Waals surface area contributed by atoms with Crippen LogP contribution < -0.4 is 15.8 Å². The van der Waals surface area contributed by atoms with Gasteiger partial charge in [0, 0.05) is 12.1 Å². The van der Waals surface area contributed by atoms with Crippen LogP contribution in [0.1, 0.15) is 76.2 Å². The van der Waals surface area contributed by atoms with E-state index in [1.807, 2.05) is 13.8 Å². The van der Waals surface area contributed by atoms with E-state index in [0.29, 0.717) is 41.6 Å². The van der Waals surface area contributed by atoms with Gasteiger partial charge in [-0.25, -0.2) is 9.98 Å². The summed E-state index contributed by atoms with van der Waals surface area (Å²) in [5.74, 6) is 1.94. The number of carbonyl (C=O) groups excluding carboxylic acids is 1. The fraction of sp³-hybridized carbons (Fsp3) is 0.538. The highest BCUT2D eigenvalue weighted by Crippen LogP contribution is 2.40. The molecule has 1 aliphatic heterocycles. The number of amides is 1. The summed E-state index contributed by atoms with van der Waals surface area (Å²) in [5, 5.41) is 12.7. The van der Waals surface area contributed by atoms with E-state index in [-0.39, 0.29) is 5.91 Å². The first-order valence-corrected chi connectivity index (χ1v) is 12.0. The minimum atomic E-state index is -1.33. The molecule has 1 saturated carbocycles. The number of nitrogens with one attached hydrogen (secondary N) is 1. The van der Waals surface area contributed by atoms with Crippen LogP contribution in [0.15, 0.2) is 29.3 Å². The molecule has 2 aliphatic rings. The number of hydrogen-bond acceptors (Lipinski definition) is 7. The summed E-state index contributed by atoms with van der Waals surface area (Å²) in [5.41, 5.74) is 7.70. The number of anilines is 1. The Hall–Kier alpha value is -3.00. The van der Waals surface area contributed by atoms with E-state index in [2.05, 4.69) is 39.6 Å². The second-order valence-corrected chi connectivity index (χ2v) is 10.5. The summed E-state index contributed by atoms with van der Waals surface area (Å²) in [7, 11) is 0. The molecule has 2 aromatic rings. The van der Waals surface area contributed by atoms with Crippen LogP contribution in [0.25, 0.3) is 0 Å². The lowest BCUT2D eigenvalue weighted by Gasteiger charge is -2.32. The van der Waals surface area contributed by atoms with Crippen molar-refractivity contribution in [3.8, 4) is 5.88 Å². The molecule has 182 valence electrons. The molecule has 8 heteroatoms. The van der Waals surface area contributed by atoms with Gasteiger partial charge in [0.1, 0.15) is 17.0 Å². The Labute approximate surface area is 201 Å². The molecular formula is C26H35N5O3. The molecule has 4 N–H and O–H groups in total. The van der Waals surface area contributed by atoms with Crippen molar-refractivity contribution in [3.05, 3.63) is 41.2 Å². The van der Waals surface area contributed by atoms with Gasteiger partial charge in [-0.2, -0.15) is 4.98 Å². The first-order valence-electron chi connectivity index (χ1n) is 12.0. The number of aliphatic imine (C=N–C) groups is 1. The molecule has 2 heterocycles. The van der Waals surface area contributed by atoms with Crippen LogP contribution in [-0.2, 0) is 4.79 Å².